The predicted octanol–water partition coefficient (Wildman–Crippen LogP) is 1.57. The fourth-order valence-electron chi connectivity index (χ4n) is 1.66. The first-order valence-corrected chi connectivity index (χ1v) is 5.49. The van der Waals surface area contributed by atoms with E-state index >= 15 is 0 Å². The minimum Gasteiger partial charge on any atom is -0.476 e. The maximum absolute atomic E-state index is 5.73. The standard InChI is InChI=1S/C10H14ClN3O/c1-7-5-9(14-10(11)13-7)15-6-8-3-2-4-12-8/h5,8,12H,2-4,6H2,1H3/t8-/m0/s1. The Morgan fingerprint density at radius 2 is 2.47 bits per heavy atom. The van der Waals surface area contributed by atoms with Crippen molar-refractivity contribution in [1.29, 1.82) is 0 Å². The van der Waals surface area contributed by atoms with Crippen molar-refractivity contribution in [2.45, 2.75) is 25.8 Å². The molecule has 15 heavy (non-hydrogen) atoms. The Labute approximate surface area is 94.0 Å². The molecule has 0 saturated carbocycles. The lowest BCUT2D eigenvalue weighted by atomic mass is 10.2. The normalized spacial score (nSPS) is 20.5. The third kappa shape index (κ3) is 3.04. The van der Waals surface area contributed by atoms with E-state index in [1.807, 2.05) is 6.92 Å². The minimum atomic E-state index is 0.240. The van der Waals surface area contributed by atoms with Gasteiger partial charge in [0.2, 0.25) is 11.2 Å². The largest absolute Gasteiger partial charge is 0.476 e. The van der Waals surface area contributed by atoms with Crippen molar-refractivity contribution in [3.05, 3.63) is 17.0 Å². The molecule has 1 fully saturated rings. The highest BCUT2D eigenvalue weighted by Crippen LogP contribution is 2.13. The van der Waals surface area contributed by atoms with E-state index in [0.717, 1.165) is 18.7 Å². The summed E-state index contributed by atoms with van der Waals surface area (Å²) < 4.78 is 5.55. The molecule has 2 rings (SSSR count). The summed E-state index contributed by atoms with van der Waals surface area (Å²) in [7, 11) is 0. The smallest absolute Gasteiger partial charge is 0.225 e. The van der Waals surface area contributed by atoms with Crippen LogP contribution in [0.25, 0.3) is 0 Å². The zero-order chi connectivity index (χ0) is 10.7. The lowest BCUT2D eigenvalue weighted by molar-refractivity contribution is 0.267. The van der Waals surface area contributed by atoms with E-state index in [4.69, 9.17) is 16.3 Å². The van der Waals surface area contributed by atoms with Crippen molar-refractivity contribution in [1.82, 2.24) is 15.3 Å². The Morgan fingerprint density at radius 1 is 1.60 bits per heavy atom. The lowest BCUT2D eigenvalue weighted by Crippen LogP contribution is -2.28. The summed E-state index contributed by atoms with van der Waals surface area (Å²) >= 11 is 5.73. The third-order valence-corrected chi connectivity index (χ3v) is 2.57. The average Bonchev–Trinajstić information content (AvgIpc) is 2.65. The molecule has 0 bridgehead atoms. The van der Waals surface area contributed by atoms with Gasteiger partial charge in [-0.15, -0.1) is 0 Å². The Hall–Kier alpha value is -0.870. The van der Waals surface area contributed by atoms with Crippen molar-refractivity contribution in [3.63, 3.8) is 0 Å². The van der Waals surface area contributed by atoms with E-state index in [0.29, 0.717) is 18.5 Å². The number of nitrogens with one attached hydrogen (secondary N) is 1. The van der Waals surface area contributed by atoms with E-state index in [2.05, 4.69) is 15.3 Å². The molecule has 0 amide bonds. The maximum Gasteiger partial charge on any atom is 0.225 e. The number of rotatable bonds is 3. The molecule has 1 aliphatic rings. The topological polar surface area (TPSA) is 47.0 Å². The number of hydrogen-bond acceptors (Lipinski definition) is 4. The highest BCUT2D eigenvalue weighted by molar-refractivity contribution is 6.28. The highest BCUT2D eigenvalue weighted by atomic mass is 35.5. The molecule has 2 heterocycles. The van der Waals surface area contributed by atoms with Crippen molar-refractivity contribution < 1.29 is 4.74 Å². The molecule has 4 nitrogen and oxygen atoms in total. The first kappa shape index (κ1) is 10.6. The monoisotopic (exact) mass is 227 g/mol. The second-order valence-electron chi connectivity index (χ2n) is 3.72. The zero-order valence-corrected chi connectivity index (χ0v) is 9.42. The third-order valence-electron chi connectivity index (χ3n) is 2.40. The molecule has 82 valence electrons. The van der Waals surface area contributed by atoms with Gasteiger partial charge in [-0.2, -0.15) is 4.98 Å². The van der Waals surface area contributed by atoms with E-state index in [9.17, 15) is 0 Å². The molecule has 0 spiro atoms. The fourth-order valence-corrected chi connectivity index (χ4v) is 1.88. The van der Waals surface area contributed by atoms with Crippen LogP contribution in [0.1, 0.15) is 18.5 Å². The van der Waals surface area contributed by atoms with Gasteiger partial charge in [0.25, 0.3) is 0 Å². The van der Waals surface area contributed by atoms with Crippen LogP contribution >= 0.6 is 11.6 Å². The molecule has 1 saturated heterocycles. The maximum atomic E-state index is 5.73. The highest BCUT2D eigenvalue weighted by Gasteiger charge is 2.14. The Morgan fingerprint density at radius 3 is 3.13 bits per heavy atom. The summed E-state index contributed by atoms with van der Waals surface area (Å²) in [5.41, 5.74) is 0.824. The summed E-state index contributed by atoms with van der Waals surface area (Å²) in [5.74, 6) is 0.557. The second-order valence-corrected chi connectivity index (χ2v) is 4.06. The number of aryl methyl sites for hydroxylation is 1. The number of nitrogens with zero attached hydrogens (tertiary/aromatic N) is 2. The van der Waals surface area contributed by atoms with Crippen molar-refractivity contribution in [3.8, 4) is 5.88 Å². The molecule has 0 aromatic carbocycles. The zero-order valence-electron chi connectivity index (χ0n) is 8.66. The van der Waals surface area contributed by atoms with Crippen molar-refractivity contribution >= 4 is 11.6 Å². The van der Waals surface area contributed by atoms with Crippen LogP contribution in [0.15, 0.2) is 6.07 Å². The van der Waals surface area contributed by atoms with E-state index in [-0.39, 0.29) is 5.28 Å². The molecule has 1 N–H and O–H groups in total. The second kappa shape index (κ2) is 4.77. The van der Waals surface area contributed by atoms with Gasteiger partial charge in [-0.25, -0.2) is 4.98 Å². The van der Waals surface area contributed by atoms with Crippen LogP contribution in [0.5, 0.6) is 5.88 Å². The lowest BCUT2D eigenvalue weighted by Gasteiger charge is -2.11. The Bertz CT molecular complexity index is 319. The fraction of sp³-hybridized carbons (Fsp3) is 0.600. The van der Waals surface area contributed by atoms with Gasteiger partial charge in [-0.3, -0.25) is 0 Å². The van der Waals surface area contributed by atoms with Crippen LogP contribution in [0.2, 0.25) is 5.28 Å². The molecule has 1 aliphatic heterocycles. The SMILES string of the molecule is Cc1cc(OC[C@@H]2CCCN2)nc(Cl)n1. The Balaban J connectivity index is 1.92. The van der Waals surface area contributed by atoms with E-state index in [1.165, 1.54) is 6.42 Å². The van der Waals surface area contributed by atoms with Gasteiger partial charge in [-0.05, 0) is 37.9 Å². The summed E-state index contributed by atoms with van der Waals surface area (Å²) in [5, 5.41) is 3.59. The molecule has 1 atom stereocenters. The first-order valence-electron chi connectivity index (χ1n) is 5.11. The Kier molecular flexibility index (Phi) is 3.38. The summed E-state index contributed by atoms with van der Waals surface area (Å²) in [4.78, 5) is 7.97. The number of hydrogen-bond donors (Lipinski definition) is 1. The van der Waals surface area contributed by atoms with Gasteiger partial charge in [0.05, 0.1) is 0 Å². The van der Waals surface area contributed by atoms with Crippen molar-refractivity contribution in [2.75, 3.05) is 13.2 Å². The molecular formula is C10H14ClN3O. The van der Waals surface area contributed by atoms with Crippen LogP contribution in [-0.4, -0.2) is 29.2 Å². The van der Waals surface area contributed by atoms with Crippen LogP contribution in [0.4, 0.5) is 0 Å². The van der Waals surface area contributed by atoms with Gasteiger partial charge in [0, 0.05) is 17.8 Å². The van der Waals surface area contributed by atoms with E-state index in [1.54, 1.807) is 6.07 Å². The molecule has 0 radical (unpaired) electrons. The molecule has 1 aromatic heterocycles. The summed E-state index contributed by atoms with van der Waals surface area (Å²) in [6.07, 6.45) is 2.38. The van der Waals surface area contributed by atoms with Crippen LogP contribution < -0.4 is 10.1 Å². The van der Waals surface area contributed by atoms with Gasteiger partial charge in [0.15, 0.2) is 0 Å². The van der Waals surface area contributed by atoms with E-state index < -0.39 is 0 Å². The van der Waals surface area contributed by atoms with Crippen LogP contribution in [0, 0.1) is 6.92 Å². The quantitative estimate of drug-likeness (QED) is 0.797. The molecule has 5 heteroatoms. The predicted molar refractivity (Wildman–Crippen MR) is 58.3 cm³/mol. The van der Waals surface area contributed by atoms with Crippen LogP contribution in [0.3, 0.4) is 0 Å². The average molecular weight is 228 g/mol. The van der Waals surface area contributed by atoms with Gasteiger partial charge >= 0.3 is 0 Å². The van der Waals surface area contributed by atoms with Crippen LogP contribution in [-0.2, 0) is 0 Å². The minimum absolute atomic E-state index is 0.240. The molecule has 1 aromatic rings. The van der Waals surface area contributed by atoms with Crippen molar-refractivity contribution in [2.24, 2.45) is 0 Å². The number of halogens is 1. The summed E-state index contributed by atoms with van der Waals surface area (Å²) in [6.45, 7) is 3.60. The summed E-state index contributed by atoms with van der Waals surface area (Å²) in [6, 6.07) is 2.24. The number of aromatic nitrogens is 2. The van der Waals surface area contributed by atoms with Gasteiger partial charge in [-0.1, -0.05) is 0 Å². The molecule has 0 unspecified atom stereocenters. The number of ether oxygens (including phenoxy) is 1. The molecule has 0 aliphatic carbocycles. The first-order chi connectivity index (χ1) is 7.24. The van der Waals surface area contributed by atoms with Gasteiger partial charge in [0.1, 0.15) is 6.61 Å². The molecular weight excluding hydrogens is 214 g/mol. The van der Waals surface area contributed by atoms with Gasteiger partial charge < -0.3 is 10.1 Å².